The van der Waals surface area contributed by atoms with Crippen LogP contribution < -0.4 is 5.69 Å². The first kappa shape index (κ1) is 24.1. The zero-order valence-corrected chi connectivity index (χ0v) is 20.1. The predicted octanol–water partition coefficient (Wildman–Crippen LogP) is 5.60. The van der Waals surface area contributed by atoms with Gasteiger partial charge in [0.15, 0.2) is 0 Å². The van der Waals surface area contributed by atoms with E-state index in [-0.39, 0.29) is 16.7 Å². The van der Waals surface area contributed by atoms with Crippen LogP contribution in [-0.2, 0) is 18.6 Å². The summed E-state index contributed by atoms with van der Waals surface area (Å²) in [6.45, 7) is 3.63. The number of pyridine rings is 2. The molecule has 4 aromatic heterocycles. The topological polar surface area (TPSA) is 92.3 Å². The smallest absolute Gasteiger partial charge is 0.346 e. The minimum absolute atomic E-state index is 0.0274. The number of aryl methyl sites for hydroxylation is 1. The van der Waals surface area contributed by atoms with Crippen molar-refractivity contribution < 1.29 is 13.2 Å². The number of rotatable bonds is 4. The molecule has 7 nitrogen and oxygen atoms in total. The number of nitrogens with one attached hydrogen (secondary N) is 1. The first-order valence-corrected chi connectivity index (χ1v) is 11.3. The zero-order valence-electron chi connectivity index (χ0n) is 20.1. The lowest BCUT2D eigenvalue weighted by atomic mass is 9.86. The van der Waals surface area contributed by atoms with Crippen LogP contribution in [0.25, 0.3) is 39.2 Å². The second-order valence-corrected chi connectivity index (χ2v) is 9.28. The Bertz CT molecular complexity index is 1730. The first-order chi connectivity index (χ1) is 17.5. The Morgan fingerprint density at radius 3 is 2.43 bits per heavy atom. The summed E-state index contributed by atoms with van der Waals surface area (Å²) >= 11 is 0. The van der Waals surface area contributed by atoms with E-state index in [1.54, 1.807) is 37.5 Å². The molecule has 0 amide bonds. The summed E-state index contributed by atoms with van der Waals surface area (Å²) in [4.78, 5) is 24.2. The van der Waals surface area contributed by atoms with Gasteiger partial charge in [0.2, 0.25) is 0 Å². The molecule has 0 aliphatic heterocycles. The van der Waals surface area contributed by atoms with Crippen LogP contribution in [0.15, 0.2) is 72.0 Å². The van der Waals surface area contributed by atoms with Gasteiger partial charge in [0.25, 0.3) is 0 Å². The second-order valence-electron chi connectivity index (χ2n) is 9.28. The molecular formula is C27H21F3N6O. The van der Waals surface area contributed by atoms with E-state index < -0.39 is 17.2 Å². The van der Waals surface area contributed by atoms with Gasteiger partial charge in [0, 0.05) is 42.8 Å². The summed E-state index contributed by atoms with van der Waals surface area (Å²) in [6, 6.07) is 14.2. The summed E-state index contributed by atoms with van der Waals surface area (Å²) in [5, 5.41) is 9.39. The van der Waals surface area contributed by atoms with Crippen molar-refractivity contribution >= 4 is 11.0 Å². The number of imidazole rings is 1. The number of alkyl halides is 3. The Kier molecular flexibility index (Phi) is 5.52. The fraction of sp³-hybridized carbons (Fsp3) is 0.185. The molecule has 4 heterocycles. The molecule has 5 rings (SSSR count). The van der Waals surface area contributed by atoms with Gasteiger partial charge in [0.05, 0.1) is 34.1 Å². The number of benzene rings is 1. The highest BCUT2D eigenvalue weighted by Crippen LogP contribution is 2.36. The number of aromatic amines is 1. The third-order valence-electron chi connectivity index (χ3n) is 6.37. The van der Waals surface area contributed by atoms with E-state index in [9.17, 15) is 23.2 Å². The molecule has 0 bridgehead atoms. The number of nitrogens with zero attached hydrogens (tertiary/aromatic N) is 5. The third-order valence-corrected chi connectivity index (χ3v) is 6.37. The molecule has 0 spiro atoms. The number of H-pyrrole nitrogens is 1. The fourth-order valence-corrected chi connectivity index (χ4v) is 4.23. The van der Waals surface area contributed by atoms with Gasteiger partial charge in [-0.1, -0.05) is 12.1 Å². The zero-order chi connectivity index (χ0) is 26.5. The van der Waals surface area contributed by atoms with Crippen LogP contribution in [0.2, 0.25) is 0 Å². The van der Waals surface area contributed by atoms with E-state index in [0.717, 1.165) is 11.8 Å². The van der Waals surface area contributed by atoms with E-state index in [1.165, 1.54) is 27.6 Å². The quantitative estimate of drug-likeness (QED) is 0.346. The molecule has 37 heavy (non-hydrogen) atoms. The highest BCUT2D eigenvalue weighted by atomic mass is 19.4. The normalized spacial score (nSPS) is 12.1. The molecular weight excluding hydrogens is 481 g/mol. The molecule has 0 saturated carbocycles. The van der Waals surface area contributed by atoms with Crippen molar-refractivity contribution in [3.63, 3.8) is 0 Å². The minimum Gasteiger partial charge on any atom is -0.346 e. The lowest BCUT2D eigenvalue weighted by molar-refractivity contribution is -0.136. The van der Waals surface area contributed by atoms with Gasteiger partial charge in [-0.25, -0.2) is 9.78 Å². The molecule has 0 saturated heterocycles. The lowest BCUT2D eigenvalue weighted by Gasteiger charge is -2.16. The molecule has 5 aromatic rings. The summed E-state index contributed by atoms with van der Waals surface area (Å²) < 4.78 is 43.2. The second kappa shape index (κ2) is 8.48. The van der Waals surface area contributed by atoms with Crippen LogP contribution in [0, 0.1) is 11.3 Å². The number of hydrogen-bond acceptors (Lipinski definition) is 4. The molecule has 10 heteroatoms. The van der Waals surface area contributed by atoms with Crippen molar-refractivity contribution in [2.45, 2.75) is 25.4 Å². The fourth-order valence-electron chi connectivity index (χ4n) is 4.23. The van der Waals surface area contributed by atoms with Gasteiger partial charge >= 0.3 is 11.9 Å². The van der Waals surface area contributed by atoms with Gasteiger partial charge in [-0.05, 0) is 55.3 Å². The van der Waals surface area contributed by atoms with E-state index >= 15 is 0 Å². The van der Waals surface area contributed by atoms with Gasteiger partial charge in [-0.3, -0.25) is 9.55 Å². The highest BCUT2D eigenvalue weighted by molar-refractivity contribution is 5.85. The largest absolute Gasteiger partial charge is 0.418 e. The Hall–Kier alpha value is -4.65. The van der Waals surface area contributed by atoms with Crippen molar-refractivity contribution in [2.24, 2.45) is 7.05 Å². The van der Waals surface area contributed by atoms with Gasteiger partial charge in [-0.15, -0.1) is 0 Å². The van der Waals surface area contributed by atoms with E-state index in [1.807, 2.05) is 26.0 Å². The van der Waals surface area contributed by atoms with Crippen LogP contribution >= 0.6 is 0 Å². The number of halogens is 3. The Balaban J connectivity index is 1.60. The van der Waals surface area contributed by atoms with E-state index in [0.29, 0.717) is 28.2 Å². The highest BCUT2D eigenvalue weighted by Gasteiger charge is 2.34. The first-order valence-electron chi connectivity index (χ1n) is 11.3. The Labute approximate surface area is 209 Å². The van der Waals surface area contributed by atoms with Crippen LogP contribution in [0.1, 0.15) is 25.0 Å². The summed E-state index contributed by atoms with van der Waals surface area (Å²) in [5.74, 6) is 0. The standard InChI is InChI=1S/C27H21F3N6O/c1-26(2,15-31)18-4-6-19(7-5-18)36-23(14-35(3)25(36)37)22-11-16(8-9-32-22)17-10-20-21(27(28,29)30)13-34-24(20)33-12-17/h4-14H,1-3H3,(H,33,34). The molecule has 0 atom stereocenters. The minimum atomic E-state index is -4.51. The van der Waals surface area contributed by atoms with Crippen molar-refractivity contribution in [3.05, 3.63) is 88.9 Å². The van der Waals surface area contributed by atoms with Gasteiger partial charge in [-0.2, -0.15) is 18.4 Å². The SMILES string of the molecule is Cn1cc(-c2cc(-c3cnc4[nH]cc(C(F)(F)F)c4c3)ccn2)n(-c2ccc(C(C)(C)C#N)cc2)c1=O. The maximum absolute atomic E-state index is 13.4. The van der Waals surface area contributed by atoms with Gasteiger partial charge < -0.3 is 9.55 Å². The molecule has 186 valence electrons. The van der Waals surface area contributed by atoms with Crippen LogP contribution in [0.5, 0.6) is 0 Å². The van der Waals surface area contributed by atoms with E-state index in [4.69, 9.17) is 0 Å². The number of fused-ring (bicyclic) bond motifs is 1. The van der Waals surface area contributed by atoms with Crippen molar-refractivity contribution in [1.82, 2.24) is 24.1 Å². The summed E-state index contributed by atoms with van der Waals surface area (Å²) in [5.41, 5.74) is 1.84. The number of aromatic nitrogens is 5. The molecule has 1 aromatic carbocycles. The van der Waals surface area contributed by atoms with Crippen LogP contribution in [0.3, 0.4) is 0 Å². The molecule has 0 aliphatic rings. The predicted molar refractivity (Wildman–Crippen MR) is 133 cm³/mol. The average molecular weight is 503 g/mol. The van der Waals surface area contributed by atoms with Crippen LogP contribution in [0.4, 0.5) is 13.2 Å². The summed E-state index contributed by atoms with van der Waals surface area (Å²) in [6.07, 6.45) is 1.07. The average Bonchev–Trinajstić information content (AvgIpc) is 3.44. The molecule has 0 radical (unpaired) electrons. The third kappa shape index (κ3) is 4.18. The number of hydrogen-bond donors (Lipinski definition) is 1. The molecule has 1 N–H and O–H groups in total. The molecule has 0 aliphatic carbocycles. The van der Waals surface area contributed by atoms with Crippen molar-refractivity contribution in [1.29, 1.82) is 5.26 Å². The van der Waals surface area contributed by atoms with E-state index in [2.05, 4.69) is 21.0 Å². The Morgan fingerprint density at radius 2 is 1.76 bits per heavy atom. The lowest BCUT2D eigenvalue weighted by Crippen LogP contribution is -2.21. The maximum atomic E-state index is 13.4. The maximum Gasteiger partial charge on any atom is 0.418 e. The molecule has 0 unspecified atom stereocenters. The van der Waals surface area contributed by atoms with Crippen LogP contribution in [-0.4, -0.2) is 24.1 Å². The monoisotopic (exact) mass is 502 g/mol. The van der Waals surface area contributed by atoms with Crippen molar-refractivity contribution in [2.75, 3.05) is 0 Å². The summed E-state index contributed by atoms with van der Waals surface area (Å²) in [7, 11) is 1.63. The Morgan fingerprint density at radius 1 is 1.03 bits per heavy atom. The van der Waals surface area contributed by atoms with Crippen molar-refractivity contribution in [3.8, 4) is 34.3 Å². The number of nitriles is 1. The van der Waals surface area contributed by atoms with Gasteiger partial charge in [0.1, 0.15) is 5.65 Å². The molecule has 0 fully saturated rings.